The van der Waals surface area contributed by atoms with Crippen molar-refractivity contribution in [1.82, 2.24) is 20.3 Å². The Morgan fingerprint density at radius 2 is 2.25 bits per heavy atom. The molecule has 7 heteroatoms. The summed E-state index contributed by atoms with van der Waals surface area (Å²) in [6.07, 6.45) is 8.37. The van der Waals surface area contributed by atoms with Crippen molar-refractivity contribution in [3.05, 3.63) is 11.9 Å². The monoisotopic (exact) mass is 336 g/mol. The minimum absolute atomic E-state index is 0.0594. The van der Waals surface area contributed by atoms with Gasteiger partial charge in [0.1, 0.15) is 6.10 Å². The summed E-state index contributed by atoms with van der Waals surface area (Å²) >= 11 is 0. The number of hydrogen-bond donors (Lipinski definition) is 2. The molecular formula is C17H28N4O3. The van der Waals surface area contributed by atoms with Crippen LogP contribution in [0.25, 0.3) is 0 Å². The molecule has 2 aliphatic rings. The van der Waals surface area contributed by atoms with Crippen LogP contribution in [0.2, 0.25) is 0 Å². The Kier molecular flexibility index (Phi) is 5.84. The molecule has 7 nitrogen and oxygen atoms in total. The van der Waals surface area contributed by atoms with Crippen LogP contribution in [0, 0.1) is 5.92 Å². The molecule has 134 valence electrons. The Hall–Kier alpha value is -1.47. The number of aliphatic hydroxyl groups is 1. The number of nitrogens with zero attached hydrogens (tertiary/aromatic N) is 3. The molecule has 2 N–H and O–H groups in total. The van der Waals surface area contributed by atoms with Crippen molar-refractivity contribution in [3.8, 4) is 0 Å². The first-order chi connectivity index (χ1) is 11.7. The predicted octanol–water partition coefficient (Wildman–Crippen LogP) is 1.06. The number of rotatable bonds is 8. The summed E-state index contributed by atoms with van der Waals surface area (Å²) in [6.45, 7) is 2.83. The van der Waals surface area contributed by atoms with Crippen molar-refractivity contribution in [1.29, 1.82) is 0 Å². The fourth-order valence-electron chi connectivity index (χ4n) is 3.25. The number of nitrogens with one attached hydrogen (secondary N) is 1. The third-order valence-corrected chi connectivity index (χ3v) is 4.84. The normalized spacial score (nSPS) is 27.2. The lowest BCUT2D eigenvalue weighted by Gasteiger charge is -2.36. The maximum atomic E-state index is 11.9. The number of aromatic nitrogens is 3. The maximum absolute atomic E-state index is 11.9. The number of aryl methyl sites for hydroxylation is 2. The zero-order chi connectivity index (χ0) is 16.9. The number of aliphatic hydroxyl groups excluding tert-OH is 1. The Balaban J connectivity index is 1.45. The molecular weight excluding hydrogens is 308 g/mol. The summed E-state index contributed by atoms with van der Waals surface area (Å²) in [5.74, 6) is 0.304. The van der Waals surface area contributed by atoms with Gasteiger partial charge < -0.3 is 15.2 Å². The molecule has 1 aromatic heterocycles. The first-order valence-electron chi connectivity index (χ1n) is 9.15. The maximum Gasteiger partial charge on any atom is 0.223 e. The number of carbonyl (C=O) groups excluding carboxylic acids is 1. The number of carbonyl (C=O) groups is 1. The second-order valence-corrected chi connectivity index (χ2v) is 6.96. The Morgan fingerprint density at radius 1 is 1.42 bits per heavy atom. The quantitative estimate of drug-likeness (QED) is 0.741. The van der Waals surface area contributed by atoms with Crippen LogP contribution in [0.4, 0.5) is 0 Å². The van der Waals surface area contributed by atoms with Crippen LogP contribution in [0.5, 0.6) is 0 Å². The molecule has 2 heterocycles. The van der Waals surface area contributed by atoms with Crippen molar-refractivity contribution < 1.29 is 14.6 Å². The third-order valence-electron chi connectivity index (χ3n) is 4.84. The average molecular weight is 336 g/mol. The highest BCUT2D eigenvalue weighted by molar-refractivity contribution is 5.81. The Morgan fingerprint density at radius 3 is 2.96 bits per heavy atom. The minimum Gasteiger partial charge on any atom is -0.394 e. The van der Waals surface area contributed by atoms with Crippen LogP contribution in [-0.4, -0.2) is 50.9 Å². The van der Waals surface area contributed by atoms with Gasteiger partial charge in [0.2, 0.25) is 5.91 Å². The van der Waals surface area contributed by atoms with Crippen molar-refractivity contribution in [2.75, 3.05) is 6.61 Å². The smallest absolute Gasteiger partial charge is 0.223 e. The minimum atomic E-state index is -0.308. The van der Waals surface area contributed by atoms with Crippen LogP contribution < -0.4 is 5.32 Å². The molecule has 1 saturated carbocycles. The van der Waals surface area contributed by atoms with Gasteiger partial charge in [-0.1, -0.05) is 18.6 Å². The standard InChI is InChI=1S/C17H28N4O3/c1-2-3-13-10-21(20-19-13)9-8-14-6-7-15(16(11-22)24-14)18-17(23)12-4-5-12/h10,12,14-16,22H,2-9,11H2,1H3,(H,18,23)/t14-,15+,16-/m1/s1. The van der Waals surface area contributed by atoms with E-state index in [0.717, 1.165) is 57.2 Å². The van der Waals surface area contributed by atoms with Crippen molar-refractivity contribution >= 4 is 5.91 Å². The van der Waals surface area contributed by atoms with Gasteiger partial charge >= 0.3 is 0 Å². The molecule has 1 amide bonds. The van der Waals surface area contributed by atoms with E-state index in [-0.39, 0.29) is 36.7 Å². The van der Waals surface area contributed by atoms with Crippen molar-refractivity contribution in [2.45, 2.75) is 76.7 Å². The summed E-state index contributed by atoms with van der Waals surface area (Å²) in [5, 5.41) is 20.9. The fraction of sp³-hybridized carbons (Fsp3) is 0.824. The van der Waals surface area contributed by atoms with Gasteiger partial charge in [0.05, 0.1) is 24.4 Å². The largest absolute Gasteiger partial charge is 0.394 e. The number of amides is 1. The highest BCUT2D eigenvalue weighted by Gasteiger charge is 2.36. The highest BCUT2D eigenvalue weighted by Crippen LogP contribution is 2.30. The number of ether oxygens (including phenoxy) is 1. The van der Waals surface area contributed by atoms with Gasteiger partial charge in [0, 0.05) is 18.7 Å². The van der Waals surface area contributed by atoms with Gasteiger partial charge in [-0.15, -0.1) is 5.10 Å². The van der Waals surface area contributed by atoms with E-state index in [1.807, 2.05) is 10.9 Å². The second kappa shape index (κ2) is 8.07. The van der Waals surface area contributed by atoms with Crippen LogP contribution >= 0.6 is 0 Å². The molecule has 0 bridgehead atoms. The second-order valence-electron chi connectivity index (χ2n) is 6.96. The summed E-state index contributed by atoms with van der Waals surface area (Å²) in [7, 11) is 0. The van der Waals surface area contributed by atoms with Gasteiger partial charge in [-0.2, -0.15) is 0 Å². The van der Waals surface area contributed by atoms with Crippen LogP contribution in [-0.2, 0) is 22.5 Å². The van der Waals surface area contributed by atoms with Crippen LogP contribution in [0.15, 0.2) is 6.20 Å². The van der Waals surface area contributed by atoms with Gasteiger partial charge in [-0.05, 0) is 38.5 Å². The first kappa shape index (κ1) is 17.4. The fourth-order valence-corrected chi connectivity index (χ4v) is 3.25. The third kappa shape index (κ3) is 4.54. The van der Waals surface area contributed by atoms with Gasteiger partial charge in [0.25, 0.3) is 0 Å². The summed E-state index contributed by atoms with van der Waals surface area (Å²) < 4.78 is 7.86. The van der Waals surface area contributed by atoms with E-state index in [0.29, 0.717) is 0 Å². The van der Waals surface area contributed by atoms with Gasteiger partial charge in [0.15, 0.2) is 0 Å². The van der Waals surface area contributed by atoms with E-state index in [9.17, 15) is 9.90 Å². The van der Waals surface area contributed by atoms with Gasteiger partial charge in [-0.3, -0.25) is 9.48 Å². The molecule has 0 spiro atoms. The lowest BCUT2D eigenvalue weighted by Crippen LogP contribution is -2.51. The molecule has 1 aromatic rings. The molecule has 24 heavy (non-hydrogen) atoms. The van der Waals surface area contributed by atoms with Crippen LogP contribution in [0.1, 0.15) is 51.1 Å². The summed E-state index contributed by atoms with van der Waals surface area (Å²) in [6, 6.07) is -0.0677. The van der Waals surface area contributed by atoms with E-state index in [1.54, 1.807) is 0 Å². The zero-order valence-electron chi connectivity index (χ0n) is 14.4. The lowest BCUT2D eigenvalue weighted by molar-refractivity contribution is -0.129. The molecule has 1 aliphatic heterocycles. The average Bonchev–Trinajstić information content (AvgIpc) is 3.35. The van der Waals surface area contributed by atoms with Crippen molar-refractivity contribution in [2.24, 2.45) is 5.92 Å². The zero-order valence-corrected chi connectivity index (χ0v) is 14.4. The first-order valence-corrected chi connectivity index (χ1v) is 9.15. The van der Waals surface area contributed by atoms with E-state index < -0.39 is 0 Å². The SMILES string of the molecule is CCCc1cn(CC[C@H]2CC[C@H](NC(=O)C3CC3)[C@@H](CO)O2)nn1. The van der Waals surface area contributed by atoms with E-state index in [2.05, 4.69) is 22.6 Å². The molecule has 1 aliphatic carbocycles. The highest BCUT2D eigenvalue weighted by atomic mass is 16.5. The summed E-state index contributed by atoms with van der Waals surface area (Å²) in [4.78, 5) is 11.9. The Bertz CT molecular complexity index is 544. The van der Waals surface area contributed by atoms with E-state index in [4.69, 9.17) is 4.74 Å². The molecule has 2 fully saturated rings. The molecule has 3 rings (SSSR count). The van der Waals surface area contributed by atoms with E-state index >= 15 is 0 Å². The summed E-state index contributed by atoms with van der Waals surface area (Å²) in [5.41, 5.74) is 1.03. The van der Waals surface area contributed by atoms with Crippen LogP contribution in [0.3, 0.4) is 0 Å². The molecule has 0 unspecified atom stereocenters. The Labute approximate surface area is 142 Å². The molecule has 0 radical (unpaired) electrons. The number of hydrogen-bond acceptors (Lipinski definition) is 5. The molecule has 1 saturated heterocycles. The topological polar surface area (TPSA) is 89.3 Å². The van der Waals surface area contributed by atoms with Crippen molar-refractivity contribution in [3.63, 3.8) is 0 Å². The van der Waals surface area contributed by atoms with Gasteiger partial charge in [-0.25, -0.2) is 0 Å². The molecule has 3 atom stereocenters. The van der Waals surface area contributed by atoms with E-state index in [1.165, 1.54) is 0 Å². The lowest BCUT2D eigenvalue weighted by atomic mass is 9.97. The molecule has 0 aromatic carbocycles. The predicted molar refractivity (Wildman–Crippen MR) is 88.3 cm³/mol.